The summed E-state index contributed by atoms with van der Waals surface area (Å²) in [7, 11) is 0. The minimum atomic E-state index is -0.807. The number of rotatable bonds is 15. The molecule has 5 aromatic rings. The van der Waals surface area contributed by atoms with Crippen LogP contribution in [0.3, 0.4) is 0 Å². The van der Waals surface area contributed by atoms with Gasteiger partial charge >= 0.3 is 11.7 Å². The van der Waals surface area contributed by atoms with Crippen molar-refractivity contribution >= 4 is 22.9 Å². The predicted octanol–water partition coefficient (Wildman–Crippen LogP) is 7.02. The van der Waals surface area contributed by atoms with Crippen LogP contribution in [0.15, 0.2) is 102 Å². The van der Waals surface area contributed by atoms with E-state index in [1.807, 2.05) is 77.4 Å². The van der Waals surface area contributed by atoms with E-state index < -0.39 is 12.3 Å². The third-order valence-electron chi connectivity index (χ3n) is 10.8. The van der Waals surface area contributed by atoms with Crippen LogP contribution < -0.4 is 11.0 Å². The fraction of sp³-hybridized carbons (Fsp3) is 0.386. The number of aliphatic carboxylic acids is 1. The minimum Gasteiger partial charge on any atom is -0.481 e. The van der Waals surface area contributed by atoms with Crippen LogP contribution in [0.2, 0.25) is 0 Å². The van der Waals surface area contributed by atoms with Gasteiger partial charge in [-0.25, -0.2) is 4.79 Å². The largest absolute Gasteiger partial charge is 0.481 e. The first-order chi connectivity index (χ1) is 26.8. The zero-order valence-corrected chi connectivity index (χ0v) is 31.1. The minimum absolute atomic E-state index is 0.0165. The Morgan fingerprint density at radius 2 is 1.55 bits per heavy atom. The van der Waals surface area contributed by atoms with Crippen molar-refractivity contribution in [2.45, 2.75) is 89.1 Å². The van der Waals surface area contributed by atoms with Gasteiger partial charge in [-0.1, -0.05) is 79.2 Å². The number of imidazole rings is 1. The van der Waals surface area contributed by atoms with Crippen LogP contribution in [0.4, 0.5) is 0 Å². The van der Waals surface area contributed by atoms with Crippen molar-refractivity contribution < 1.29 is 29.3 Å². The number of H-pyrrole nitrogens is 1. The van der Waals surface area contributed by atoms with Gasteiger partial charge in [0.15, 0.2) is 6.29 Å². The van der Waals surface area contributed by atoms with E-state index in [4.69, 9.17) is 14.6 Å². The summed E-state index contributed by atoms with van der Waals surface area (Å²) in [5.41, 5.74) is 7.59. The molecule has 1 amide bonds. The Balaban J connectivity index is 1.02. The maximum absolute atomic E-state index is 12.9. The molecule has 0 aliphatic carbocycles. The molecule has 0 unspecified atom stereocenters. The molecule has 0 radical (unpaired) electrons. The lowest BCUT2D eigenvalue weighted by Gasteiger charge is -2.40. The Kier molecular flexibility index (Phi) is 12.5. The lowest BCUT2D eigenvalue weighted by atomic mass is 9.97. The maximum Gasteiger partial charge on any atom is 0.326 e. The van der Waals surface area contributed by atoms with Crippen molar-refractivity contribution in [3.63, 3.8) is 0 Å². The maximum atomic E-state index is 12.9. The molecule has 2 aliphatic rings. The molecule has 7 rings (SSSR count). The number of likely N-dealkylation sites (tertiary alicyclic amines) is 1. The van der Waals surface area contributed by atoms with Crippen LogP contribution in [0.5, 0.6) is 0 Å². The molecule has 11 nitrogen and oxygen atoms in total. The zero-order valence-electron chi connectivity index (χ0n) is 31.1. The number of fused-ring (bicyclic) bond motifs is 1. The lowest BCUT2D eigenvalue weighted by molar-refractivity contribution is -0.253. The van der Waals surface area contributed by atoms with Gasteiger partial charge in [0.2, 0.25) is 5.91 Å². The van der Waals surface area contributed by atoms with E-state index in [-0.39, 0.29) is 42.9 Å². The highest BCUT2D eigenvalue weighted by Crippen LogP contribution is 2.39. The summed E-state index contributed by atoms with van der Waals surface area (Å²) in [5, 5.41) is 21.4. The number of aromatic amines is 1. The number of hydrogen-bond acceptors (Lipinski definition) is 7. The van der Waals surface area contributed by atoms with E-state index in [0.29, 0.717) is 38.6 Å². The molecule has 55 heavy (non-hydrogen) atoms. The van der Waals surface area contributed by atoms with Gasteiger partial charge < -0.3 is 34.9 Å². The Labute approximate surface area is 320 Å². The number of ether oxygens (including phenoxy) is 2. The number of nitrogens with one attached hydrogen (secondary N) is 2. The van der Waals surface area contributed by atoms with Gasteiger partial charge in [0.25, 0.3) is 0 Å². The first kappa shape index (κ1) is 38.2. The molecule has 2 fully saturated rings. The van der Waals surface area contributed by atoms with Crippen molar-refractivity contribution in [2.75, 3.05) is 19.6 Å². The number of benzene rings is 4. The number of carbonyl (C=O) groups is 2. The Bertz CT molecular complexity index is 2120. The van der Waals surface area contributed by atoms with Crippen molar-refractivity contribution in [1.82, 2.24) is 19.8 Å². The number of carboxylic acids is 1. The van der Waals surface area contributed by atoms with E-state index >= 15 is 0 Å². The van der Waals surface area contributed by atoms with Crippen molar-refractivity contribution in [1.29, 1.82) is 0 Å². The van der Waals surface area contributed by atoms with Gasteiger partial charge in [-0.15, -0.1) is 0 Å². The molecule has 2 aliphatic heterocycles. The molecule has 3 atom stereocenters. The number of unbranched alkanes of at least 4 members (excludes halogenated alkanes) is 2. The van der Waals surface area contributed by atoms with E-state index in [0.717, 1.165) is 76.9 Å². The number of carbonyl (C=O) groups excluding carboxylic acids is 1. The Morgan fingerprint density at radius 3 is 2.33 bits per heavy atom. The third kappa shape index (κ3) is 9.79. The number of nitrogens with zero attached hydrogens (tertiary/aromatic N) is 2. The number of hydrogen-bond donors (Lipinski definition) is 4. The van der Waals surface area contributed by atoms with Crippen LogP contribution in [-0.4, -0.2) is 62.3 Å². The molecule has 4 aromatic carbocycles. The molecule has 1 aromatic heterocycles. The Morgan fingerprint density at radius 1 is 0.800 bits per heavy atom. The number of aliphatic hydroxyl groups excluding tert-OH is 1. The molecular weight excluding hydrogens is 697 g/mol. The highest BCUT2D eigenvalue weighted by Gasteiger charge is 2.34. The van der Waals surface area contributed by atoms with Gasteiger partial charge in [0.1, 0.15) is 0 Å². The van der Waals surface area contributed by atoms with Crippen molar-refractivity contribution in [3.8, 4) is 11.1 Å². The van der Waals surface area contributed by atoms with Crippen molar-refractivity contribution in [3.05, 3.63) is 130 Å². The highest BCUT2D eigenvalue weighted by atomic mass is 16.7. The summed E-state index contributed by atoms with van der Waals surface area (Å²) < 4.78 is 15.4. The molecule has 0 bridgehead atoms. The van der Waals surface area contributed by atoms with E-state index in [9.17, 15) is 19.5 Å². The van der Waals surface area contributed by atoms with Gasteiger partial charge in [-0.3, -0.25) is 14.2 Å². The summed E-state index contributed by atoms with van der Waals surface area (Å²) in [6.07, 6.45) is 4.01. The van der Waals surface area contributed by atoms with Crippen LogP contribution >= 0.6 is 0 Å². The molecule has 4 N–H and O–H groups in total. The molecule has 3 heterocycles. The average molecular weight is 747 g/mol. The van der Waals surface area contributed by atoms with Crippen LogP contribution in [0.1, 0.15) is 92.1 Å². The quantitative estimate of drug-likeness (QED) is 0.0837. The molecular formula is C44H50N4O7. The van der Waals surface area contributed by atoms with Gasteiger partial charge in [0, 0.05) is 57.0 Å². The number of piperidine rings is 1. The van der Waals surface area contributed by atoms with Crippen LogP contribution in [-0.2, 0) is 32.2 Å². The molecule has 0 saturated carbocycles. The zero-order chi connectivity index (χ0) is 38.1. The van der Waals surface area contributed by atoms with E-state index in [1.165, 1.54) is 0 Å². The van der Waals surface area contributed by atoms with Crippen LogP contribution in [0.25, 0.3) is 22.2 Å². The fourth-order valence-corrected chi connectivity index (χ4v) is 7.87. The molecule has 2 saturated heterocycles. The number of carboxylic acid groups (broad SMARTS) is 1. The summed E-state index contributed by atoms with van der Waals surface area (Å²) in [5.74, 6) is -0.850. The second-order valence-electron chi connectivity index (χ2n) is 14.8. The summed E-state index contributed by atoms with van der Waals surface area (Å²) in [6, 6.07) is 32.3. The Hall–Kier alpha value is -5.07. The smallest absolute Gasteiger partial charge is 0.326 e. The summed E-state index contributed by atoms with van der Waals surface area (Å²) >= 11 is 0. The standard InChI is InChI=1S/C44H50N4O7/c49-29-30-16-18-32(19-17-30)40-26-37(28-47-22-20-36(21-23-47)48-39-13-5-4-12-38(39)46-44(48)53)54-43(55-40)35-11-7-10-34(25-35)33-9-6-8-31(24-33)27-45-41(50)14-2-1-3-15-42(51)52/h4-13,16-19,24-25,36-37,40,43,49H,1-3,14-15,20-23,26-29H2,(H,45,50)(H,46,53)(H,51,52)/t37-,40+,43+/m1/s1. The van der Waals surface area contributed by atoms with E-state index in [1.54, 1.807) is 0 Å². The molecule has 288 valence electrons. The van der Waals surface area contributed by atoms with Gasteiger partial charge in [-0.05, 0) is 77.8 Å². The fourth-order valence-electron chi connectivity index (χ4n) is 7.87. The van der Waals surface area contributed by atoms with E-state index in [2.05, 4.69) is 39.5 Å². The number of aromatic nitrogens is 2. The average Bonchev–Trinajstić information content (AvgIpc) is 3.55. The van der Waals surface area contributed by atoms with Gasteiger partial charge in [0.05, 0.1) is 29.8 Å². The number of para-hydroxylation sites is 2. The second kappa shape index (κ2) is 18.0. The first-order valence-corrected chi connectivity index (χ1v) is 19.4. The molecule has 11 heteroatoms. The predicted molar refractivity (Wildman–Crippen MR) is 210 cm³/mol. The SMILES string of the molecule is O=C(O)CCCCCC(=O)NCc1cccc(-c2cccc([C@H]3O[C@@H](CN4CCC(n5c(=O)[nH]c6ccccc65)CC4)C[C@@H](c4ccc(CO)cc4)O3)c2)c1. The molecule has 0 spiro atoms. The number of aliphatic hydroxyl groups is 1. The highest BCUT2D eigenvalue weighted by molar-refractivity contribution is 5.76. The van der Waals surface area contributed by atoms with Crippen molar-refractivity contribution in [2.24, 2.45) is 0 Å². The normalized spacial score (nSPS) is 19.4. The lowest BCUT2D eigenvalue weighted by Crippen LogP contribution is -2.43. The topological polar surface area (TPSA) is 146 Å². The third-order valence-corrected chi connectivity index (χ3v) is 10.8. The monoisotopic (exact) mass is 746 g/mol. The van der Waals surface area contributed by atoms with Crippen LogP contribution in [0, 0.1) is 0 Å². The second-order valence-corrected chi connectivity index (χ2v) is 14.8. The number of amides is 1. The summed E-state index contributed by atoms with van der Waals surface area (Å²) in [4.78, 5) is 41.5. The first-order valence-electron chi connectivity index (χ1n) is 19.4. The van der Waals surface area contributed by atoms with Gasteiger partial charge in [-0.2, -0.15) is 0 Å². The summed E-state index contributed by atoms with van der Waals surface area (Å²) in [6.45, 7) is 2.85.